The molecule has 0 aromatic rings. The van der Waals surface area contributed by atoms with Gasteiger partial charge in [-0.1, -0.05) is 22.6 Å². The number of alkyl halides is 1. The van der Waals surface area contributed by atoms with Gasteiger partial charge in [-0.3, -0.25) is 4.79 Å². The van der Waals surface area contributed by atoms with Crippen LogP contribution in [0.2, 0.25) is 0 Å². The van der Waals surface area contributed by atoms with Gasteiger partial charge in [-0.2, -0.15) is 0 Å². The Labute approximate surface area is 67.5 Å². The molecular weight excluding hydrogens is 235 g/mol. The van der Waals surface area contributed by atoms with Crippen molar-refractivity contribution < 1.29 is 14.6 Å². The van der Waals surface area contributed by atoms with E-state index in [0.29, 0.717) is 4.43 Å². The van der Waals surface area contributed by atoms with E-state index in [2.05, 4.69) is 4.74 Å². The molecule has 1 atom stereocenters. The largest absolute Gasteiger partial charge is 0.469 e. The number of ether oxygens (including phenoxy) is 1. The van der Waals surface area contributed by atoms with Gasteiger partial charge in [0, 0.05) is 4.43 Å². The van der Waals surface area contributed by atoms with Crippen LogP contribution in [0, 0.1) is 0 Å². The fourth-order valence-corrected chi connectivity index (χ4v) is 0.642. The summed E-state index contributed by atoms with van der Waals surface area (Å²) in [5, 5.41) is 8.85. The highest BCUT2D eigenvalue weighted by Gasteiger charge is 2.07. The van der Waals surface area contributed by atoms with Crippen molar-refractivity contribution in [2.45, 2.75) is 12.5 Å². The third-order valence-corrected chi connectivity index (χ3v) is 1.82. The van der Waals surface area contributed by atoms with Crippen molar-refractivity contribution in [1.29, 1.82) is 0 Å². The fourth-order valence-electron chi connectivity index (χ4n) is 0.330. The molecule has 0 aliphatic heterocycles. The highest BCUT2D eigenvalue weighted by Crippen LogP contribution is 1.97. The molecule has 0 spiro atoms. The second-order valence-corrected chi connectivity index (χ2v) is 2.47. The van der Waals surface area contributed by atoms with E-state index in [9.17, 15) is 4.79 Å². The summed E-state index contributed by atoms with van der Waals surface area (Å²) in [5.41, 5.74) is 0. The molecule has 0 aromatic heterocycles. The molecule has 0 saturated heterocycles. The first-order valence-corrected chi connectivity index (χ1v) is 4.04. The maximum Gasteiger partial charge on any atom is 0.308 e. The zero-order valence-electron chi connectivity index (χ0n) is 5.13. The van der Waals surface area contributed by atoms with Crippen LogP contribution in [-0.4, -0.2) is 28.7 Å². The van der Waals surface area contributed by atoms with Crippen molar-refractivity contribution in [3.05, 3.63) is 0 Å². The van der Waals surface area contributed by atoms with Crippen molar-refractivity contribution in [1.82, 2.24) is 0 Å². The highest BCUT2D eigenvalue weighted by molar-refractivity contribution is 14.1. The Balaban J connectivity index is 3.34. The first-order chi connectivity index (χ1) is 4.20. The number of carbonyl (C=O) groups is 1. The van der Waals surface area contributed by atoms with E-state index >= 15 is 0 Å². The molecule has 0 radical (unpaired) electrons. The molecule has 0 bridgehead atoms. The summed E-state index contributed by atoms with van der Waals surface area (Å²) in [4.78, 5) is 10.4. The molecule has 0 aliphatic rings. The van der Waals surface area contributed by atoms with Gasteiger partial charge < -0.3 is 9.84 Å². The molecule has 3 nitrogen and oxygen atoms in total. The molecule has 4 heteroatoms. The van der Waals surface area contributed by atoms with E-state index in [0.717, 1.165) is 0 Å². The maximum absolute atomic E-state index is 10.4. The third kappa shape index (κ3) is 4.65. The Hall–Kier alpha value is 0.160. The SMILES string of the molecule is COC(=O)C[C@H](O)CI. The molecule has 0 fully saturated rings. The van der Waals surface area contributed by atoms with E-state index in [1.165, 1.54) is 7.11 Å². The molecule has 0 aliphatic carbocycles. The second-order valence-electron chi connectivity index (χ2n) is 1.59. The van der Waals surface area contributed by atoms with E-state index in [4.69, 9.17) is 5.11 Å². The van der Waals surface area contributed by atoms with Crippen LogP contribution in [0.4, 0.5) is 0 Å². The number of methoxy groups -OCH3 is 1. The van der Waals surface area contributed by atoms with Crippen LogP contribution >= 0.6 is 22.6 Å². The quantitative estimate of drug-likeness (QED) is 0.442. The number of hydrogen-bond donors (Lipinski definition) is 1. The Kier molecular flexibility index (Phi) is 5.07. The zero-order chi connectivity index (χ0) is 7.28. The van der Waals surface area contributed by atoms with Gasteiger partial charge in [0.05, 0.1) is 19.6 Å². The first kappa shape index (κ1) is 9.16. The monoisotopic (exact) mass is 244 g/mol. The molecule has 0 rings (SSSR count). The molecule has 0 saturated carbocycles. The van der Waals surface area contributed by atoms with E-state index < -0.39 is 6.10 Å². The normalized spacial score (nSPS) is 12.8. The predicted octanol–water partition coefficient (Wildman–Crippen LogP) is 0.345. The van der Waals surface area contributed by atoms with Crippen LogP contribution < -0.4 is 0 Å². The van der Waals surface area contributed by atoms with E-state index in [-0.39, 0.29) is 12.4 Å². The summed E-state index contributed by atoms with van der Waals surface area (Å²) < 4.78 is 4.88. The Morgan fingerprint density at radius 2 is 2.44 bits per heavy atom. The minimum atomic E-state index is -0.557. The lowest BCUT2D eigenvalue weighted by Gasteiger charge is -2.02. The van der Waals surface area contributed by atoms with Crippen LogP contribution in [-0.2, 0) is 9.53 Å². The third-order valence-electron chi connectivity index (χ3n) is 0.808. The molecule has 0 amide bonds. The lowest BCUT2D eigenvalue weighted by Crippen LogP contribution is -2.15. The van der Waals surface area contributed by atoms with Crippen molar-refractivity contribution in [3.8, 4) is 0 Å². The van der Waals surface area contributed by atoms with Gasteiger partial charge in [-0.15, -0.1) is 0 Å². The van der Waals surface area contributed by atoms with Crippen LogP contribution in [0.5, 0.6) is 0 Å². The minimum absolute atomic E-state index is 0.0967. The smallest absolute Gasteiger partial charge is 0.308 e. The van der Waals surface area contributed by atoms with Gasteiger partial charge in [0.1, 0.15) is 0 Å². The van der Waals surface area contributed by atoms with E-state index in [1.54, 1.807) is 0 Å². The van der Waals surface area contributed by atoms with Gasteiger partial charge in [-0.25, -0.2) is 0 Å². The summed E-state index contributed by atoms with van der Waals surface area (Å²) in [6.45, 7) is 0. The van der Waals surface area contributed by atoms with Gasteiger partial charge in [0.25, 0.3) is 0 Å². The van der Waals surface area contributed by atoms with Crippen molar-refractivity contribution in [3.63, 3.8) is 0 Å². The number of hydrogen-bond acceptors (Lipinski definition) is 3. The van der Waals surface area contributed by atoms with Crippen LogP contribution in [0.15, 0.2) is 0 Å². The maximum atomic E-state index is 10.4. The average molecular weight is 244 g/mol. The lowest BCUT2D eigenvalue weighted by molar-refractivity contribution is -0.142. The Morgan fingerprint density at radius 1 is 1.89 bits per heavy atom. The number of halogens is 1. The number of rotatable bonds is 3. The summed E-state index contributed by atoms with van der Waals surface area (Å²) in [5.74, 6) is -0.362. The molecule has 0 aromatic carbocycles. The summed E-state index contributed by atoms with van der Waals surface area (Å²) in [7, 11) is 1.31. The summed E-state index contributed by atoms with van der Waals surface area (Å²) in [6.07, 6.45) is -0.461. The van der Waals surface area contributed by atoms with Crippen molar-refractivity contribution in [2.24, 2.45) is 0 Å². The van der Waals surface area contributed by atoms with Crippen molar-refractivity contribution in [2.75, 3.05) is 11.5 Å². The summed E-state index contributed by atoms with van der Waals surface area (Å²) >= 11 is 2.01. The second kappa shape index (κ2) is 4.99. The Bertz CT molecular complexity index is 94.2. The van der Waals surface area contributed by atoms with Gasteiger partial charge in [0.2, 0.25) is 0 Å². The van der Waals surface area contributed by atoms with Crippen LogP contribution in [0.1, 0.15) is 6.42 Å². The van der Waals surface area contributed by atoms with E-state index in [1.807, 2.05) is 22.6 Å². The average Bonchev–Trinajstić information content (AvgIpc) is 1.87. The molecule has 0 heterocycles. The predicted molar refractivity (Wildman–Crippen MR) is 41.5 cm³/mol. The minimum Gasteiger partial charge on any atom is -0.469 e. The summed E-state index contributed by atoms with van der Waals surface area (Å²) in [6, 6.07) is 0. The molecular formula is C5H9IO3. The number of esters is 1. The van der Waals surface area contributed by atoms with Crippen molar-refractivity contribution >= 4 is 28.6 Å². The fraction of sp³-hybridized carbons (Fsp3) is 0.800. The molecule has 1 N–H and O–H groups in total. The standard InChI is InChI=1S/C5H9IO3/c1-9-5(8)2-4(7)3-6/h4,7H,2-3H2,1H3/t4-/m0/s1. The van der Waals surface area contributed by atoms with Gasteiger partial charge in [0.15, 0.2) is 0 Å². The Morgan fingerprint density at radius 3 is 2.78 bits per heavy atom. The molecule has 54 valence electrons. The number of aliphatic hydroxyl groups is 1. The van der Waals surface area contributed by atoms with Gasteiger partial charge >= 0.3 is 5.97 Å². The molecule has 0 unspecified atom stereocenters. The first-order valence-electron chi connectivity index (χ1n) is 2.51. The topological polar surface area (TPSA) is 46.5 Å². The lowest BCUT2D eigenvalue weighted by atomic mass is 10.3. The van der Waals surface area contributed by atoms with Crippen LogP contribution in [0.25, 0.3) is 0 Å². The number of carbonyl (C=O) groups excluding carboxylic acids is 1. The number of aliphatic hydroxyl groups excluding tert-OH is 1. The van der Waals surface area contributed by atoms with Gasteiger partial charge in [-0.05, 0) is 0 Å². The van der Waals surface area contributed by atoms with Crippen LogP contribution in [0.3, 0.4) is 0 Å². The zero-order valence-corrected chi connectivity index (χ0v) is 7.29. The molecule has 9 heavy (non-hydrogen) atoms. The highest BCUT2D eigenvalue weighted by atomic mass is 127.